The van der Waals surface area contributed by atoms with Crippen LogP contribution in [0.2, 0.25) is 0 Å². The lowest BCUT2D eigenvalue weighted by atomic mass is 10.1. The first kappa shape index (κ1) is 14.4. The van der Waals surface area contributed by atoms with Crippen LogP contribution in [0.5, 0.6) is 0 Å². The third-order valence-electron chi connectivity index (χ3n) is 3.24. The van der Waals surface area contributed by atoms with Gasteiger partial charge in [-0.3, -0.25) is 9.59 Å². The van der Waals surface area contributed by atoms with Gasteiger partial charge in [-0.1, -0.05) is 0 Å². The average Bonchev–Trinajstić information content (AvgIpc) is 3.07. The summed E-state index contributed by atoms with van der Waals surface area (Å²) in [5.41, 5.74) is 0.114. The molecule has 0 radical (unpaired) electrons. The van der Waals surface area contributed by atoms with E-state index in [4.69, 9.17) is 0 Å². The number of methoxy groups -OCH3 is 1. The van der Waals surface area contributed by atoms with Gasteiger partial charge in [0.15, 0.2) is 0 Å². The van der Waals surface area contributed by atoms with Gasteiger partial charge in [0.2, 0.25) is 5.91 Å². The number of thioether (sulfide) groups is 1. The Labute approximate surface area is 107 Å². The molecule has 0 unspecified atom stereocenters. The fraction of sp³-hybridized carbons (Fsp3) is 0.833. The number of rotatable bonds is 7. The lowest BCUT2D eigenvalue weighted by molar-refractivity contribution is -0.141. The lowest BCUT2D eigenvalue weighted by Crippen LogP contribution is -2.28. The van der Waals surface area contributed by atoms with Gasteiger partial charge in [0, 0.05) is 13.6 Å². The molecular weight excluding hydrogens is 238 g/mol. The first-order chi connectivity index (χ1) is 8.03. The molecule has 0 spiro atoms. The monoisotopic (exact) mass is 259 g/mol. The average molecular weight is 259 g/mol. The largest absolute Gasteiger partial charge is 0.469 e. The van der Waals surface area contributed by atoms with Crippen molar-refractivity contribution in [3.8, 4) is 0 Å². The smallest absolute Gasteiger partial charge is 0.306 e. The number of esters is 1. The van der Waals surface area contributed by atoms with Gasteiger partial charge in [-0.15, -0.1) is 0 Å². The fourth-order valence-corrected chi connectivity index (χ4v) is 2.89. The minimum absolute atomic E-state index is 0.114. The van der Waals surface area contributed by atoms with Crippen molar-refractivity contribution in [2.45, 2.75) is 26.2 Å². The molecule has 0 aromatic heterocycles. The molecule has 0 aromatic rings. The summed E-state index contributed by atoms with van der Waals surface area (Å²) >= 11 is 1.63. The highest BCUT2D eigenvalue weighted by Gasteiger charge is 2.44. The number of amides is 1. The highest BCUT2D eigenvalue weighted by Crippen LogP contribution is 2.51. The van der Waals surface area contributed by atoms with Crippen LogP contribution in [0, 0.1) is 5.41 Å². The van der Waals surface area contributed by atoms with Gasteiger partial charge in [0.25, 0.3) is 0 Å². The zero-order valence-electron chi connectivity index (χ0n) is 10.8. The summed E-state index contributed by atoms with van der Waals surface area (Å²) in [7, 11) is 3.23. The Morgan fingerprint density at radius 2 is 2.06 bits per heavy atom. The van der Waals surface area contributed by atoms with Crippen LogP contribution in [-0.2, 0) is 14.3 Å². The summed E-state index contributed by atoms with van der Waals surface area (Å²) in [6.45, 7) is 2.70. The van der Waals surface area contributed by atoms with Gasteiger partial charge in [-0.25, -0.2) is 0 Å². The number of hydrogen-bond donors (Lipinski definition) is 0. The first-order valence-electron chi connectivity index (χ1n) is 5.91. The minimum atomic E-state index is -0.139. The molecule has 1 amide bonds. The van der Waals surface area contributed by atoms with E-state index in [1.54, 1.807) is 16.7 Å². The molecule has 0 aromatic carbocycles. The Hall–Kier alpha value is -0.710. The van der Waals surface area contributed by atoms with E-state index < -0.39 is 0 Å². The lowest BCUT2D eigenvalue weighted by Gasteiger charge is -2.16. The number of carbonyl (C=O) groups is 2. The van der Waals surface area contributed by atoms with Gasteiger partial charge in [-0.2, -0.15) is 11.8 Å². The summed E-state index contributed by atoms with van der Waals surface area (Å²) in [5.74, 6) is 1.41. The van der Waals surface area contributed by atoms with Crippen LogP contribution in [0.25, 0.3) is 0 Å². The molecule has 0 atom stereocenters. The molecule has 98 valence electrons. The predicted octanol–water partition coefficient (Wildman–Crippen LogP) is 1.54. The molecule has 17 heavy (non-hydrogen) atoms. The van der Waals surface area contributed by atoms with E-state index in [-0.39, 0.29) is 17.3 Å². The highest BCUT2D eigenvalue weighted by molar-refractivity contribution is 7.99. The van der Waals surface area contributed by atoms with Crippen LogP contribution in [0.4, 0.5) is 0 Å². The predicted molar refractivity (Wildman–Crippen MR) is 68.9 cm³/mol. The Balaban J connectivity index is 2.22. The van der Waals surface area contributed by atoms with Crippen molar-refractivity contribution in [3.63, 3.8) is 0 Å². The maximum absolute atomic E-state index is 11.6. The molecule has 4 nitrogen and oxygen atoms in total. The van der Waals surface area contributed by atoms with E-state index in [0.29, 0.717) is 12.2 Å². The van der Waals surface area contributed by atoms with Gasteiger partial charge in [0.1, 0.15) is 0 Å². The van der Waals surface area contributed by atoms with Crippen molar-refractivity contribution in [1.29, 1.82) is 0 Å². The zero-order chi connectivity index (χ0) is 12.9. The highest BCUT2D eigenvalue weighted by atomic mass is 32.2. The molecule has 1 aliphatic carbocycles. The number of hydrogen-bond acceptors (Lipinski definition) is 4. The normalized spacial score (nSPS) is 16.4. The summed E-state index contributed by atoms with van der Waals surface area (Å²) in [5, 5.41) is 0. The molecule has 1 saturated carbocycles. The Morgan fingerprint density at radius 1 is 1.41 bits per heavy atom. The molecule has 0 bridgehead atoms. The van der Waals surface area contributed by atoms with Crippen molar-refractivity contribution < 1.29 is 14.3 Å². The molecule has 0 heterocycles. The number of nitrogens with zero attached hydrogens (tertiary/aromatic N) is 1. The summed E-state index contributed by atoms with van der Waals surface area (Å²) in [4.78, 5) is 24.5. The first-order valence-corrected chi connectivity index (χ1v) is 7.07. The molecule has 1 aliphatic rings. The molecule has 1 rings (SSSR count). The van der Waals surface area contributed by atoms with Crippen LogP contribution in [-0.4, -0.2) is 49.0 Å². The van der Waals surface area contributed by atoms with E-state index in [1.165, 1.54) is 7.11 Å². The zero-order valence-corrected chi connectivity index (χ0v) is 11.6. The second-order valence-electron chi connectivity index (χ2n) is 4.65. The van der Waals surface area contributed by atoms with Crippen molar-refractivity contribution in [3.05, 3.63) is 0 Å². The summed E-state index contributed by atoms with van der Waals surface area (Å²) < 4.78 is 4.69. The molecule has 1 fully saturated rings. The third kappa shape index (κ3) is 4.58. The molecular formula is C12H21NO3S. The van der Waals surface area contributed by atoms with Gasteiger partial charge >= 0.3 is 5.97 Å². The summed E-state index contributed by atoms with van der Waals surface area (Å²) in [6, 6.07) is 0. The Bertz CT molecular complexity index is 289. The number of ether oxygens (including phenoxy) is 1. The van der Waals surface area contributed by atoms with Crippen molar-refractivity contribution in [2.24, 2.45) is 5.41 Å². The SMILES string of the molecule is CCN(C)C(=O)CSCC1(CC(=O)OC)CC1. The van der Waals surface area contributed by atoms with Gasteiger partial charge in [-0.05, 0) is 30.9 Å². The minimum Gasteiger partial charge on any atom is -0.469 e. The van der Waals surface area contributed by atoms with E-state index >= 15 is 0 Å². The second-order valence-corrected chi connectivity index (χ2v) is 5.64. The molecule has 0 saturated heterocycles. The van der Waals surface area contributed by atoms with Gasteiger partial charge < -0.3 is 9.64 Å². The topological polar surface area (TPSA) is 46.6 Å². The van der Waals surface area contributed by atoms with E-state index in [0.717, 1.165) is 25.1 Å². The van der Waals surface area contributed by atoms with Crippen LogP contribution >= 0.6 is 11.8 Å². The summed E-state index contributed by atoms with van der Waals surface area (Å²) in [6.07, 6.45) is 2.65. The van der Waals surface area contributed by atoms with Crippen LogP contribution in [0.3, 0.4) is 0 Å². The van der Waals surface area contributed by atoms with Gasteiger partial charge in [0.05, 0.1) is 19.3 Å². The van der Waals surface area contributed by atoms with Crippen LogP contribution in [0.1, 0.15) is 26.2 Å². The maximum Gasteiger partial charge on any atom is 0.306 e. The standard InChI is InChI=1S/C12H21NO3S/c1-4-13(2)10(14)8-17-9-12(5-6-12)7-11(15)16-3/h4-9H2,1-3H3. The van der Waals surface area contributed by atoms with Crippen LogP contribution < -0.4 is 0 Å². The van der Waals surface area contributed by atoms with Crippen molar-refractivity contribution >= 4 is 23.6 Å². The quantitative estimate of drug-likeness (QED) is 0.651. The Morgan fingerprint density at radius 3 is 2.53 bits per heavy atom. The number of carbonyl (C=O) groups excluding carboxylic acids is 2. The van der Waals surface area contributed by atoms with E-state index in [1.807, 2.05) is 14.0 Å². The van der Waals surface area contributed by atoms with E-state index in [9.17, 15) is 9.59 Å². The molecule has 0 N–H and O–H groups in total. The third-order valence-corrected chi connectivity index (χ3v) is 4.51. The van der Waals surface area contributed by atoms with E-state index in [2.05, 4.69) is 4.74 Å². The van der Waals surface area contributed by atoms with Crippen LogP contribution in [0.15, 0.2) is 0 Å². The Kier molecular flexibility index (Phi) is 5.31. The maximum atomic E-state index is 11.6. The molecule has 0 aliphatic heterocycles. The van der Waals surface area contributed by atoms with Crippen molar-refractivity contribution in [2.75, 3.05) is 32.2 Å². The fourth-order valence-electron chi connectivity index (χ4n) is 1.57. The molecule has 5 heteroatoms. The van der Waals surface area contributed by atoms with Crippen molar-refractivity contribution in [1.82, 2.24) is 4.90 Å². The second kappa shape index (κ2) is 6.28.